The van der Waals surface area contributed by atoms with Crippen molar-refractivity contribution in [1.82, 2.24) is 5.32 Å². The molecule has 0 aromatic heterocycles. The van der Waals surface area contributed by atoms with Crippen molar-refractivity contribution in [2.75, 3.05) is 18.9 Å². The van der Waals surface area contributed by atoms with Gasteiger partial charge in [0.1, 0.15) is 5.75 Å². The number of hydrogen-bond donors (Lipinski definition) is 2. The van der Waals surface area contributed by atoms with E-state index in [1.165, 1.54) is 5.56 Å². The first-order valence-electron chi connectivity index (χ1n) is 7.64. The first-order chi connectivity index (χ1) is 10.2. The van der Waals surface area contributed by atoms with Crippen molar-refractivity contribution in [1.29, 1.82) is 0 Å². The molecule has 0 bridgehead atoms. The molecular formula is C16H27NO4S. The fraction of sp³-hybridized carbons (Fsp3) is 0.625. The molecule has 1 rings (SSSR count). The van der Waals surface area contributed by atoms with Crippen LogP contribution in [0.5, 0.6) is 5.75 Å². The van der Waals surface area contributed by atoms with Gasteiger partial charge in [0.25, 0.3) is 10.1 Å². The summed E-state index contributed by atoms with van der Waals surface area (Å²) < 4.78 is 35.6. The van der Waals surface area contributed by atoms with Crippen molar-refractivity contribution in [3.05, 3.63) is 29.8 Å². The molecule has 0 atom stereocenters. The first kappa shape index (κ1) is 18.9. The van der Waals surface area contributed by atoms with Crippen molar-refractivity contribution in [3.63, 3.8) is 0 Å². The summed E-state index contributed by atoms with van der Waals surface area (Å²) in [7, 11) is -3.87. The van der Waals surface area contributed by atoms with Gasteiger partial charge < -0.3 is 10.1 Å². The van der Waals surface area contributed by atoms with E-state index < -0.39 is 10.1 Å². The normalized spacial score (nSPS) is 12.4. The summed E-state index contributed by atoms with van der Waals surface area (Å²) in [5.41, 5.74) is 1.04. The van der Waals surface area contributed by atoms with Gasteiger partial charge in [0.15, 0.2) is 0 Å². The van der Waals surface area contributed by atoms with Gasteiger partial charge in [-0.1, -0.05) is 19.1 Å². The minimum absolute atomic E-state index is 0.148. The van der Waals surface area contributed by atoms with Crippen LogP contribution in [0.25, 0.3) is 0 Å². The van der Waals surface area contributed by atoms with E-state index >= 15 is 0 Å². The summed E-state index contributed by atoms with van der Waals surface area (Å²) in [6.45, 7) is 7.49. The molecule has 0 fully saturated rings. The lowest BCUT2D eigenvalue weighted by Crippen LogP contribution is -2.42. The molecule has 0 radical (unpaired) electrons. The summed E-state index contributed by atoms with van der Waals surface area (Å²) in [5.74, 6) is 0.670. The highest BCUT2D eigenvalue weighted by Gasteiger charge is 2.17. The SMILES string of the molecule is CCCOc1ccc(CC(C)(C)NCCCS(=O)(=O)O)cc1. The average Bonchev–Trinajstić information content (AvgIpc) is 2.42. The number of rotatable bonds is 10. The molecule has 0 heterocycles. The van der Waals surface area contributed by atoms with Gasteiger partial charge >= 0.3 is 0 Å². The average molecular weight is 329 g/mol. The second kappa shape index (κ2) is 8.50. The van der Waals surface area contributed by atoms with Crippen LogP contribution in [0.2, 0.25) is 0 Å². The van der Waals surface area contributed by atoms with Crippen molar-refractivity contribution in [2.24, 2.45) is 0 Å². The lowest BCUT2D eigenvalue weighted by Gasteiger charge is -2.26. The third kappa shape index (κ3) is 8.36. The van der Waals surface area contributed by atoms with Crippen LogP contribution in [0.4, 0.5) is 0 Å². The molecule has 0 unspecified atom stereocenters. The minimum atomic E-state index is -3.87. The number of benzene rings is 1. The molecule has 2 N–H and O–H groups in total. The molecule has 0 aliphatic carbocycles. The zero-order valence-corrected chi connectivity index (χ0v) is 14.4. The van der Waals surface area contributed by atoms with Gasteiger partial charge in [-0.25, -0.2) is 0 Å². The van der Waals surface area contributed by atoms with E-state index in [0.29, 0.717) is 13.0 Å². The maximum atomic E-state index is 10.7. The monoisotopic (exact) mass is 329 g/mol. The fourth-order valence-corrected chi connectivity index (χ4v) is 2.69. The van der Waals surface area contributed by atoms with Gasteiger partial charge in [0.05, 0.1) is 12.4 Å². The number of ether oxygens (including phenoxy) is 1. The van der Waals surface area contributed by atoms with Crippen LogP contribution in [0.1, 0.15) is 39.2 Å². The summed E-state index contributed by atoms with van der Waals surface area (Å²) in [6.07, 6.45) is 2.21. The van der Waals surface area contributed by atoms with E-state index in [1.54, 1.807) is 0 Å². The fourth-order valence-electron chi connectivity index (χ4n) is 2.18. The molecule has 0 saturated heterocycles. The predicted molar refractivity (Wildman–Crippen MR) is 89.0 cm³/mol. The van der Waals surface area contributed by atoms with E-state index in [9.17, 15) is 8.42 Å². The molecule has 0 aliphatic rings. The van der Waals surface area contributed by atoms with Crippen molar-refractivity contribution in [3.8, 4) is 5.75 Å². The van der Waals surface area contributed by atoms with Crippen LogP contribution >= 0.6 is 0 Å². The smallest absolute Gasteiger partial charge is 0.264 e. The van der Waals surface area contributed by atoms with Crippen molar-refractivity contribution in [2.45, 2.75) is 45.6 Å². The molecule has 0 saturated carbocycles. The summed E-state index contributed by atoms with van der Waals surface area (Å²) in [5, 5.41) is 3.32. The van der Waals surface area contributed by atoms with Crippen molar-refractivity contribution >= 4 is 10.1 Å². The second-order valence-corrected chi connectivity index (χ2v) is 7.69. The van der Waals surface area contributed by atoms with Crippen molar-refractivity contribution < 1.29 is 17.7 Å². The molecule has 1 aromatic carbocycles. The largest absolute Gasteiger partial charge is 0.494 e. The summed E-state index contributed by atoms with van der Waals surface area (Å²) in [6, 6.07) is 8.04. The number of hydrogen-bond acceptors (Lipinski definition) is 4. The Kier molecular flexibility index (Phi) is 7.32. The molecule has 0 aliphatic heterocycles. The zero-order chi connectivity index (χ0) is 16.6. The summed E-state index contributed by atoms with van der Waals surface area (Å²) in [4.78, 5) is 0. The first-order valence-corrected chi connectivity index (χ1v) is 9.25. The van der Waals surface area contributed by atoms with E-state index in [2.05, 4.69) is 26.1 Å². The Hall–Kier alpha value is -1.11. The van der Waals surface area contributed by atoms with Crippen LogP contribution in [-0.4, -0.2) is 37.4 Å². The van der Waals surface area contributed by atoms with Crippen LogP contribution in [-0.2, 0) is 16.5 Å². The highest BCUT2D eigenvalue weighted by molar-refractivity contribution is 7.85. The Bertz CT molecular complexity index is 538. The molecular weight excluding hydrogens is 302 g/mol. The highest BCUT2D eigenvalue weighted by Crippen LogP contribution is 2.17. The Morgan fingerprint density at radius 1 is 1.23 bits per heavy atom. The van der Waals surface area contributed by atoms with Crippen LogP contribution in [0, 0.1) is 0 Å². The zero-order valence-electron chi connectivity index (χ0n) is 13.6. The maximum Gasteiger partial charge on any atom is 0.264 e. The Balaban J connectivity index is 2.43. The predicted octanol–water partition coefficient (Wildman–Crippen LogP) is 2.66. The van der Waals surface area contributed by atoms with Gasteiger partial charge in [-0.15, -0.1) is 0 Å². The second-order valence-electron chi connectivity index (χ2n) is 6.12. The van der Waals surface area contributed by atoms with Gasteiger partial charge in [-0.2, -0.15) is 8.42 Å². The van der Waals surface area contributed by atoms with Gasteiger partial charge in [-0.05, 0) is 57.4 Å². The maximum absolute atomic E-state index is 10.7. The molecule has 126 valence electrons. The molecule has 22 heavy (non-hydrogen) atoms. The van der Waals surface area contributed by atoms with Gasteiger partial charge in [-0.3, -0.25) is 4.55 Å². The third-order valence-electron chi connectivity index (χ3n) is 3.22. The van der Waals surface area contributed by atoms with E-state index in [-0.39, 0.29) is 11.3 Å². The summed E-state index contributed by atoms with van der Waals surface area (Å²) >= 11 is 0. The lowest BCUT2D eigenvalue weighted by molar-refractivity contribution is 0.317. The Morgan fingerprint density at radius 2 is 1.86 bits per heavy atom. The molecule has 6 heteroatoms. The highest BCUT2D eigenvalue weighted by atomic mass is 32.2. The van der Waals surface area contributed by atoms with E-state index in [1.807, 2.05) is 24.3 Å². The molecule has 0 amide bonds. The Labute approximate surface area is 133 Å². The van der Waals surface area contributed by atoms with Gasteiger partial charge in [0.2, 0.25) is 0 Å². The van der Waals surface area contributed by atoms with Gasteiger partial charge in [0, 0.05) is 5.54 Å². The van der Waals surface area contributed by atoms with E-state index in [4.69, 9.17) is 9.29 Å². The van der Waals surface area contributed by atoms with E-state index in [0.717, 1.165) is 25.2 Å². The quantitative estimate of drug-likeness (QED) is 0.510. The molecule has 0 spiro atoms. The Morgan fingerprint density at radius 3 is 2.41 bits per heavy atom. The topological polar surface area (TPSA) is 75.6 Å². The molecule has 1 aromatic rings. The van der Waals surface area contributed by atoms with Crippen LogP contribution in [0.3, 0.4) is 0 Å². The standard InChI is InChI=1S/C16H27NO4S/c1-4-11-21-15-8-6-14(7-9-15)13-16(2,3)17-10-5-12-22(18,19)20/h6-9,17H,4-5,10-13H2,1-3H3,(H,18,19,20). The third-order valence-corrected chi connectivity index (χ3v) is 4.03. The lowest BCUT2D eigenvalue weighted by atomic mass is 9.95. The number of nitrogens with one attached hydrogen (secondary N) is 1. The van der Waals surface area contributed by atoms with Crippen LogP contribution in [0.15, 0.2) is 24.3 Å². The van der Waals surface area contributed by atoms with Crippen LogP contribution < -0.4 is 10.1 Å². The molecule has 5 nitrogen and oxygen atoms in total. The minimum Gasteiger partial charge on any atom is -0.494 e.